The monoisotopic (exact) mass is 198 g/mol. The number of piperidine rings is 1. The van der Waals surface area contributed by atoms with Crippen LogP contribution in [0.25, 0.3) is 0 Å². The van der Waals surface area contributed by atoms with Gasteiger partial charge in [0, 0.05) is 26.2 Å². The summed E-state index contributed by atoms with van der Waals surface area (Å²) < 4.78 is 5.42. The molecule has 0 saturated carbocycles. The third-order valence-corrected chi connectivity index (χ3v) is 3.44. The zero-order chi connectivity index (χ0) is 9.80. The average molecular weight is 198 g/mol. The van der Waals surface area contributed by atoms with E-state index in [4.69, 9.17) is 4.74 Å². The Morgan fingerprint density at radius 1 is 1.36 bits per heavy atom. The molecule has 2 aliphatic heterocycles. The Morgan fingerprint density at radius 3 is 3.00 bits per heavy atom. The lowest BCUT2D eigenvalue weighted by Crippen LogP contribution is -2.45. The zero-order valence-corrected chi connectivity index (χ0v) is 9.17. The van der Waals surface area contributed by atoms with Crippen LogP contribution in [0.3, 0.4) is 0 Å². The van der Waals surface area contributed by atoms with Crippen LogP contribution in [0.1, 0.15) is 25.7 Å². The van der Waals surface area contributed by atoms with Gasteiger partial charge in [-0.25, -0.2) is 0 Å². The zero-order valence-electron chi connectivity index (χ0n) is 9.17. The van der Waals surface area contributed by atoms with E-state index in [0.29, 0.717) is 6.10 Å². The number of hydrogen-bond acceptors (Lipinski definition) is 3. The van der Waals surface area contributed by atoms with Gasteiger partial charge in [0.25, 0.3) is 0 Å². The molecule has 0 aromatic carbocycles. The van der Waals surface area contributed by atoms with Gasteiger partial charge in [-0.1, -0.05) is 0 Å². The Kier molecular flexibility index (Phi) is 3.79. The molecule has 1 unspecified atom stereocenters. The van der Waals surface area contributed by atoms with Crippen LogP contribution in [0.15, 0.2) is 0 Å². The van der Waals surface area contributed by atoms with Gasteiger partial charge in [-0.2, -0.15) is 0 Å². The average Bonchev–Trinajstić information content (AvgIpc) is 2.71. The number of nitrogens with zero attached hydrogens (tertiary/aromatic N) is 1. The first kappa shape index (κ1) is 10.4. The highest BCUT2D eigenvalue weighted by molar-refractivity contribution is 4.81. The second-order valence-corrected chi connectivity index (χ2v) is 4.55. The smallest absolute Gasteiger partial charge is 0.0698 e. The van der Waals surface area contributed by atoms with E-state index in [9.17, 15) is 0 Å². The van der Waals surface area contributed by atoms with Crippen LogP contribution in [0.2, 0.25) is 0 Å². The van der Waals surface area contributed by atoms with Crippen molar-refractivity contribution in [3.05, 3.63) is 0 Å². The quantitative estimate of drug-likeness (QED) is 0.727. The third kappa shape index (κ3) is 2.69. The lowest BCUT2D eigenvalue weighted by atomic mass is 10.1. The maximum absolute atomic E-state index is 5.42. The highest BCUT2D eigenvalue weighted by atomic mass is 16.5. The number of likely N-dealkylation sites (tertiary alicyclic amines) is 1. The first-order valence-corrected chi connectivity index (χ1v) is 5.87. The minimum atomic E-state index is 0.477. The van der Waals surface area contributed by atoms with E-state index in [1.807, 2.05) is 7.11 Å². The van der Waals surface area contributed by atoms with E-state index in [1.54, 1.807) is 0 Å². The van der Waals surface area contributed by atoms with E-state index in [0.717, 1.165) is 12.6 Å². The van der Waals surface area contributed by atoms with Gasteiger partial charge in [-0.05, 0) is 38.8 Å². The molecule has 2 rings (SSSR count). The molecule has 2 atom stereocenters. The fourth-order valence-corrected chi connectivity index (χ4v) is 2.60. The number of hydrogen-bond donors (Lipinski definition) is 1. The van der Waals surface area contributed by atoms with Crippen LogP contribution < -0.4 is 5.32 Å². The molecule has 2 heterocycles. The topological polar surface area (TPSA) is 24.5 Å². The molecule has 2 aliphatic rings. The molecular weight excluding hydrogens is 176 g/mol. The molecule has 14 heavy (non-hydrogen) atoms. The second-order valence-electron chi connectivity index (χ2n) is 4.55. The molecule has 0 radical (unpaired) electrons. The van der Waals surface area contributed by atoms with E-state index >= 15 is 0 Å². The van der Waals surface area contributed by atoms with Crippen molar-refractivity contribution in [2.45, 2.75) is 37.8 Å². The number of ether oxygens (including phenoxy) is 1. The summed E-state index contributed by atoms with van der Waals surface area (Å²) in [6.07, 6.45) is 5.72. The van der Waals surface area contributed by atoms with Gasteiger partial charge in [-0.15, -0.1) is 0 Å². The molecule has 2 saturated heterocycles. The highest BCUT2D eigenvalue weighted by Crippen LogP contribution is 2.14. The van der Waals surface area contributed by atoms with E-state index in [1.165, 1.54) is 45.3 Å². The molecule has 3 nitrogen and oxygen atoms in total. The van der Waals surface area contributed by atoms with Crippen LogP contribution in [-0.2, 0) is 4.74 Å². The van der Waals surface area contributed by atoms with Crippen LogP contribution in [0.5, 0.6) is 0 Å². The predicted octanol–water partition coefficient (Wildman–Crippen LogP) is 0.849. The summed E-state index contributed by atoms with van der Waals surface area (Å²) in [6.45, 7) is 4.83. The van der Waals surface area contributed by atoms with Gasteiger partial charge in [0.2, 0.25) is 0 Å². The lowest BCUT2D eigenvalue weighted by Gasteiger charge is -2.33. The highest BCUT2D eigenvalue weighted by Gasteiger charge is 2.23. The maximum Gasteiger partial charge on any atom is 0.0698 e. The summed E-state index contributed by atoms with van der Waals surface area (Å²) >= 11 is 0. The Morgan fingerprint density at radius 2 is 2.29 bits per heavy atom. The minimum absolute atomic E-state index is 0.477. The van der Waals surface area contributed by atoms with Crippen molar-refractivity contribution < 1.29 is 4.74 Å². The third-order valence-electron chi connectivity index (χ3n) is 3.44. The van der Waals surface area contributed by atoms with Gasteiger partial charge >= 0.3 is 0 Å². The number of nitrogens with one attached hydrogen (secondary N) is 1. The van der Waals surface area contributed by atoms with Gasteiger partial charge < -0.3 is 10.1 Å². The van der Waals surface area contributed by atoms with E-state index < -0.39 is 0 Å². The number of rotatable bonds is 3. The Hall–Kier alpha value is -0.120. The molecule has 0 bridgehead atoms. The standard InChI is InChI=1S/C11H22N2O/c1-14-11-5-3-7-13(9-11)8-10-4-2-6-12-10/h10-12H,2-9H2,1H3/t10-,11?/m1/s1. The summed E-state index contributed by atoms with van der Waals surface area (Å²) in [5.41, 5.74) is 0. The summed E-state index contributed by atoms with van der Waals surface area (Å²) in [4.78, 5) is 2.56. The molecular formula is C11H22N2O. The van der Waals surface area contributed by atoms with Gasteiger partial charge in [-0.3, -0.25) is 4.90 Å². The van der Waals surface area contributed by atoms with Crippen molar-refractivity contribution in [2.24, 2.45) is 0 Å². The van der Waals surface area contributed by atoms with E-state index in [-0.39, 0.29) is 0 Å². The lowest BCUT2D eigenvalue weighted by molar-refractivity contribution is 0.0288. The van der Waals surface area contributed by atoms with Crippen molar-refractivity contribution in [2.75, 3.05) is 33.3 Å². The van der Waals surface area contributed by atoms with Crippen molar-refractivity contribution >= 4 is 0 Å². The van der Waals surface area contributed by atoms with Crippen LogP contribution in [0.4, 0.5) is 0 Å². The SMILES string of the molecule is COC1CCCN(C[C@H]2CCCN2)C1. The van der Waals surface area contributed by atoms with Gasteiger partial charge in [0.05, 0.1) is 6.10 Å². The first-order valence-electron chi connectivity index (χ1n) is 5.87. The largest absolute Gasteiger partial charge is 0.380 e. The predicted molar refractivity (Wildman–Crippen MR) is 57.5 cm³/mol. The molecule has 0 aliphatic carbocycles. The second kappa shape index (κ2) is 5.10. The molecule has 1 N–H and O–H groups in total. The Balaban J connectivity index is 1.73. The normalized spacial score (nSPS) is 34.9. The maximum atomic E-state index is 5.42. The molecule has 0 aromatic heterocycles. The van der Waals surface area contributed by atoms with Crippen LogP contribution >= 0.6 is 0 Å². The molecule has 0 amide bonds. The summed E-state index contributed by atoms with van der Waals surface area (Å²) in [5.74, 6) is 0. The Labute approximate surface area is 86.8 Å². The Bertz CT molecular complexity index is 169. The number of methoxy groups -OCH3 is 1. The summed E-state index contributed by atoms with van der Waals surface area (Å²) in [7, 11) is 1.84. The molecule has 0 spiro atoms. The molecule has 2 fully saturated rings. The van der Waals surface area contributed by atoms with Crippen molar-refractivity contribution in [3.63, 3.8) is 0 Å². The summed E-state index contributed by atoms with van der Waals surface area (Å²) in [6, 6.07) is 0.741. The first-order chi connectivity index (χ1) is 6.88. The van der Waals surface area contributed by atoms with Gasteiger partial charge in [0.1, 0.15) is 0 Å². The van der Waals surface area contributed by atoms with Crippen LogP contribution in [-0.4, -0.2) is 50.3 Å². The molecule has 82 valence electrons. The minimum Gasteiger partial charge on any atom is -0.380 e. The van der Waals surface area contributed by atoms with Gasteiger partial charge in [0.15, 0.2) is 0 Å². The van der Waals surface area contributed by atoms with Crippen molar-refractivity contribution in [3.8, 4) is 0 Å². The van der Waals surface area contributed by atoms with Crippen molar-refractivity contribution in [1.29, 1.82) is 0 Å². The van der Waals surface area contributed by atoms with E-state index in [2.05, 4.69) is 10.2 Å². The fourth-order valence-electron chi connectivity index (χ4n) is 2.60. The molecule has 3 heteroatoms. The molecule has 0 aromatic rings. The summed E-state index contributed by atoms with van der Waals surface area (Å²) in [5, 5.41) is 3.55. The van der Waals surface area contributed by atoms with Crippen LogP contribution in [0, 0.1) is 0 Å². The fraction of sp³-hybridized carbons (Fsp3) is 1.00. The van der Waals surface area contributed by atoms with Crippen molar-refractivity contribution in [1.82, 2.24) is 10.2 Å².